The Morgan fingerprint density at radius 3 is 2.65 bits per heavy atom. The van der Waals surface area contributed by atoms with Gasteiger partial charge in [0.25, 0.3) is 11.1 Å². The molecule has 1 saturated heterocycles. The van der Waals surface area contributed by atoms with E-state index in [0.29, 0.717) is 33.7 Å². The molecule has 0 bridgehead atoms. The molecular formula is C19H16ClNO4S. The van der Waals surface area contributed by atoms with Crippen LogP contribution in [-0.4, -0.2) is 24.9 Å². The van der Waals surface area contributed by atoms with Gasteiger partial charge in [-0.1, -0.05) is 23.7 Å². The van der Waals surface area contributed by atoms with Crippen LogP contribution >= 0.6 is 23.4 Å². The second-order valence-electron chi connectivity index (χ2n) is 5.34. The molecule has 1 aliphatic rings. The number of halogens is 1. The first-order chi connectivity index (χ1) is 12.5. The van der Waals surface area contributed by atoms with E-state index in [0.717, 1.165) is 22.2 Å². The van der Waals surface area contributed by atoms with Gasteiger partial charge in [0.05, 0.1) is 24.3 Å². The molecule has 0 radical (unpaired) electrons. The number of carbonyl (C=O) groups excluding carboxylic acids is 2. The zero-order chi connectivity index (χ0) is 18.7. The molecule has 1 fully saturated rings. The third-order valence-electron chi connectivity index (χ3n) is 3.65. The summed E-state index contributed by atoms with van der Waals surface area (Å²) in [4.78, 5) is 26.4. The van der Waals surface area contributed by atoms with Crippen molar-refractivity contribution in [3.63, 3.8) is 0 Å². The second-order valence-corrected chi connectivity index (χ2v) is 6.77. The van der Waals surface area contributed by atoms with Gasteiger partial charge in [-0.2, -0.15) is 0 Å². The molecule has 0 spiro atoms. The van der Waals surface area contributed by atoms with Crippen LogP contribution in [0.5, 0.6) is 11.5 Å². The molecule has 5 nitrogen and oxygen atoms in total. The number of nitrogens with zero attached hydrogens (tertiary/aromatic N) is 1. The van der Waals surface area contributed by atoms with Gasteiger partial charge in [-0.05, 0) is 60.7 Å². The highest BCUT2D eigenvalue weighted by molar-refractivity contribution is 8.19. The lowest BCUT2D eigenvalue weighted by Crippen LogP contribution is -2.27. The molecule has 0 unspecified atom stereocenters. The number of rotatable bonds is 5. The van der Waals surface area contributed by atoms with E-state index in [-0.39, 0.29) is 11.1 Å². The summed E-state index contributed by atoms with van der Waals surface area (Å²) in [6.45, 7) is 2.37. The van der Waals surface area contributed by atoms with Crippen molar-refractivity contribution in [2.75, 3.05) is 18.6 Å². The Hall–Kier alpha value is -2.44. The Kier molecular flexibility index (Phi) is 5.54. The lowest BCUT2D eigenvalue weighted by Gasteiger charge is -2.12. The monoisotopic (exact) mass is 389 g/mol. The summed E-state index contributed by atoms with van der Waals surface area (Å²) in [6.07, 6.45) is 1.66. The van der Waals surface area contributed by atoms with Gasteiger partial charge >= 0.3 is 0 Å². The van der Waals surface area contributed by atoms with E-state index in [1.54, 1.807) is 55.7 Å². The maximum absolute atomic E-state index is 12.7. The first kappa shape index (κ1) is 18.4. The SMILES string of the molecule is CCOc1cc(/C=C2\SC(=O)N(c3cccc(Cl)c3)C2=O)ccc1OC. The van der Waals surface area contributed by atoms with Crippen LogP contribution in [0.1, 0.15) is 12.5 Å². The molecule has 2 amide bonds. The van der Waals surface area contributed by atoms with Crippen molar-refractivity contribution in [2.24, 2.45) is 0 Å². The van der Waals surface area contributed by atoms with E-state index in [2.05, 4.69) is 0 Å². The molecule has 2 aromatic carbocycles. The predicted octanol–water partition coefficient (Wildman–Crippen LogP) is 4.99. The van der Waals surface area contributed by atoms with Gasteiger partial charge in [0.1, 0.15) is 0 Å². The van der Waals surface area contributed by atoms with Crippen LogP contribution in [0.2, 0.25) is 5.02 Å². The molecule has 0 atom stereocenters. The van der Waals surface area contributed by atoms with Crippen LogP contribution < -0.4 is 14.4 Å². The molecule has 0 aliphatic carbocycles. The normalized spacial score (nSPS) is 15.7. The number of hydrogen-bond acceptors (Lipinski definition) is 5. The average molecular weight is 390 g/mol. The topological polar surface area (TPSA) is 55.8 Å². The largest absolute Gasteiger partial charge is 0.493 e. The Bertz CT molecular complexity index is 897. The minimum atomic E-state index is -0.379. The molecular weight excluding hydrogens is 374 g/mol. The fourth-order valence-electron chi connectivity index (χ4n) is 2.51. The summed E-state index contributed by atoms with van der Waals surface area (Å²) in [6, 6.07) is 12.0. The van der Waals surface area contributed by atoms with Crippen molar-refractivity contribution in [1.29, 1.82) is 0 Å². The molecule has 134 valence electrons. The number of benzene rings is 2. The van der Waals surface area contributed by atoms with E-state index in [4.69, 9.17) is 21.1 Å². The number of amides is 2. The molecule has 2 aromatic rings. The minimum Gasteiger partial charge on any atom is -0.493 e. The number of hydrogen-bond donors (Lipinski definition) is 0. The molecule has 3 rings (SSSR count). The first-order valence-electron chi connectivity index (χ1n) is 7.88. The molecule has 0 saturated carbocycles. The number of ether oxygens (including phenoxy) is 2. The molecule has 0 N–H and O–H groups in total. The summed E-state index contributed by atoms with van der Waals surface area (Å²) in [5.41, 5.74) is 1.19. The Balaban J connectivity index is 1.92. The smallest absolute Gasteiger partial charge is 0.298 e. The molecule has 26 heavy (non-hydrogen) atoms. The molecule has 1 aliphatic heterocycles. The molecule has 7 heteroatoms. The van der Waals surface area contributed by atoms with Crippen LogP contribution in [0.25, 0.3) is 6.08 Å². The number of carbonyl (C=O) groups is 2. The van der Waals surface area contributed by atoms with Crippen molar-refractivity contribution < 1.29 is 19.1 Å². The zero-order valence-corrected chi connectivity index (χ0v) is 15.8. The van der Waals surface area contributed by atoms with Gasteiger partial charge < -0.3 is 9.47 Å². The Labute approximate surface area is 160 Å². The fourth-order valence-corrected chi connectivity index (χ4v) is 3.53. The summed E-state index contributed by atoms with van der Waals surface area (Å²) >= 11 is 6.85. The lowest BCUT2D eigenvalue weighted by molar-refractivity contribution is -0.113. The molecule has 1 heterocycles. The van der Waals surface area contributed by atoms with Gasteiger partial charge in [0, 0.05) is 5.02 Å². The van der Waals surface area contributed by atoms with Crippen molar-refractivity contribution in [3.8, 4) is 11.5 Å². The predicted molar refractivity (Wildman–Crippen MR) is 104 cm³/mol. The van der Waals surface area contributed by atoms with Gasteiger partial charge in [-0.25, -0.2) is 4.90 Å². The highest BCUT2D eigenvalue weighted by Crippen LogP contribution is 2.37. The highest BCUT2D eigenvalue weighted by Gasteiger charge is 2.36. The number of anilines is 1. The zero-order valence-electron chi connectivity index (χ0n) is 14.2. The van der Waals surface area contributed by atoms with E-state index in [9.17, 15) is 9.59 Å². The number of methoxy groups -OCH3 is 1. The lowest BCUT2D eigenvalue weighted by atomic mass is 10.2. The van der Waals surface area contributed by atoms with Crippen molar-refractivity contribution >= 4 is 46.3 Å². The first-order valence-corrected chi connectivity index (χ1v) is 9.07. The van der Waals surface area contributed by atoms with Crippen molar-refractivity contribution in [1.82, 2.24) is 0 Å². The van der Waals surface area contributed by atoms with E-state index >= 15 is 0 Å². The van der Waals surface area contributed by atoms with Crippen molar-refractivity contribution in [3.05, 3.63) is 58.0 Å². The Morgan fingerprint density at radius 2 is 1.96 bits per heavy atom. The van der Waals surface area contributed by atoms with Gasteiger partial charge in [0.15, 0.2) is 11.5 Å². The van der Waals surface area contributed by atoms with Crippen LogP contribution in [0.15, 0.2) is 47.4 Å². The fraction of sp³-hybridized carbons (Fsp3) is 0.158. The third-order valence-corrected chi connectivity index (χ3v) is 4.75. The highest BCUT2D eigenvalue weighted by atomic mass is 35.5. The summed E-state index contributed by atoms with van der Waals surface area (Å²) in [5, 5.41) is 0.101. The standard InChI is InChI=1S/C19H16ClNO4S/c1-3-25-16-9-12(7-8-15(16)24-2)10-17-18(22)21(19(23)26-17)14-6-4-5-13(20)11-14/h4-11H,3H2,1-2H3/b17-10-. The number of thioether (sulfide) groups is 1. The van der Waals surface area contributed by atoms with Crippen LogP contribution in [0, 0.1) is 0 Å². The van der Waals surface area contributed by atoms with Crippen molar-refractivity contribution in [2.45, 2.75) is 6.92 Å². The van der Waals surface area contributed by atoms with Crippen LogP contribution in [-0.2, 0) is 4.79 Å². The van der Waals surface area contributed by atoms with E-state index in [1.165, 1.54) is 0 Å². The van der Waals surface area contributed by atoms with E-state index in [1.807, 2.05) is 6.92 Å². The van der Waals surface area contributed by atoms with Crippen LogP contribution in [0.4, 0.5) is 10.5 Å². The van der Waals surface area contributed by atoms with Gasteiger partial charge in [-0.3, -0.25) is 9.59 Å². The summed E-state index contributed by atoms with van der Waals surface area (Å²) in [5.74, 6) is 0.810. The minimum absolute atomic E-state index is 0.336. The second kappa shape index (κ2) is 7.85. The summed E-state index contributed by atoms with van der Waals surface area (Å²) in [7, 11) is 1.56. The maximum Gasteiger partial charge on any atom is 0.298 e. The van der Waals surface area contributed by atoms with Crippen LogP contribution in [0.3, 0.4) is 0 Å². The summed E-state index contributed by atoms with van der Waals surface area (Å²) < 4.78 is 10.8. The van der Waals surface area contributed by atoms with E-state index < -0.39 is 0 Å². The average Bonchev–Trinajstić information content (AvgIpc) is 2.89. The number of imide groups is 1. The van der Waals surface area contributed by atoms with Gasteiger partial charge in [0.2, 0.25) is 0 Å². The molecule has 0 aromatic heterocycles. The quantitative estimate of drug-likeness (QED) is 0.674. The van der Waals surface area contributed by atoms with Gasteiger partial charge in [-0.15, -0.1) is 0 Å². The Morgan fingerprint density at radius 1 is 1.15 bits per heavy atom. The third kappa shape index (κ3) is 3.71. The maximum atomic E-state index is 12.7.